The molecular weight excluding hydrogens is 306 g/mol. The number of rotatable bonds is 0. The van der Waals surface area contributed by atoms with Gasteiger partial charge in [0.15, 0.2) is 0 Å². The minimum absolute atomic E-state index is 0.433. The normalized spacial score (nSPS) is 21.6. The first-order valence-corrected chi connectivity index (χ1v) is 8.45. The number of aromatic nitrogens is 1. The van der Waals surface area contributed by atoms with Gasteiger partial charge in [0.1, 0.15) is 0 Å². The highest BCUT2D eigenvalue weighted by Gasteiger charge is 2.17. The Labute approximate surface area is 129 Å². The van der Waals surface area contributed by atoms with Crippen molar-refractivity contribution in [1.82, 2.24) is 4.98 Å². The summed E-state index contributed by atoms with van der Waals surface area (Å²) in [6.45, 7) is 4.08. The maximum atomic E-state index is 6.55. The van der Waals surface area contributed by atoms with Crippen LogP contribution in [0.15, 0.2) is 24.3 Å². The van der Waals surface area contributed by atoms with Crippen LogP contribution in [0, 0.1) is 6.92 Å². The van der Waals surface area contributed by atoms with E-state index < -0.39 is 4.87 Å². The number of fused-ring (bicyclic) bond motifs is 5. The lowest BCUT2D eigenvalue weighted by molar-refractivity contribution is 1.05. The third-order valence-electron chi connectivity index (χ3n) is 3.48. The zero-order valence-corrected chi connectivity index (χ0v) is 13.5. The predicted molar refractivity (Wildman–Crippen MR) is 91.3 cm³/mol. The van der Waals surface area contributed by atoms with Gasteiger partial charge in [-0.15, -0.1) is 34.3 Å². The molecule has 0 saturated carbocycles. The summed E-state index contributed by atoms with van der Waals surface area (Å²) in [5, 5.41) is 3.67. The molecule has 2 aromatic heterocycles. The molecule has 0 bridgehead atoms. The highest BCUT2D eigenvalue weighted by Crippen LogP contribution is 2.30. The summed E-state index contributed by atoms with van der Waals surface area (Å²) >= 11 is 10.1. The molecule has 20 heavy (non-hydrogen) atoms. The fourth-order valence-corrected chi connectivity index (χ4v) is 4.97. The summed E-state index contributed by atoms with van der Waals surface area (Å²) in [4.78, 5) is 4.17. The molecule has 0 fully saturated rings. The van der Waals surface area contributed by atoms with Gasteiger partial charge in [-0.3, -0.25) is 0 Å². The number of benzene rings is 1. The SMILES string of the molecule is Cc1nc2ccc3sc4c(c3c2s1)=C[C@](C)(Cl)C=CC=4. The van der Waals surface area contributed by atoms with Gasteiger partial charge in [-0.2, -0.15) is 0 Å². The van der Waals surface area contributed by atoms with Crippen LogP contribution in [0.5, 0.6) is 0 Å². The van der Waals surface area contributed by atoms with Crippen LogP contribution in [0.3, 0.4) is 0 Å². The summed E-state index contributed by atoms with van der Waals surface area (Å²) < 4.78 is 3.86. The van der Waals surface area contributed by atoms with Crippen LogP contribution < -0.4 is 9.75 Å². The monoisotopic (exact) mass is 317 g/mol. The molecule has 0 spiro atoms. The van der Waals surface area contributed by atoms with Crippen LogP contribution in [0.4, 0.5) is 0 Å². The van der Waals surface area contributed by atoms with Crippen molar-refractivity contribution in [2.45, 2.75) is 18.7 Å². The second-order valence-electron chi connectivity index (χ2n) is 5.22. The summed E-state index contributed by atoms with van der Waals surface area (Å²) in [5.41, 5.74) is 1.09. The van der Waals surface area contributed by atoms with Gasteiger partial charge in [-0.25, -0.2) is 4.98 Å². The zero-order chi connectivity index (χ0) is 13.9. The Kier molecular flexibility index (Phi) is 2.62. The molecular formula is C16H12ClNS2. The third-order valence-corrected chi connectivity index (χ3v) is 5.85. The van der Waals surface area contributed by atoms with Crippen molar-refractivity contribution in [1.29, 1.82) is 0 Å². The van der Waals surface area contributed by atoms with E-state index in [0.29, 0.717) is 0 Å². The Morgan fingerprint density at radius 2 is 2.10 bits per heavy atom. The van der Waals surface area contributed by atoms with E-state index in [9.17, 15) is 0 Å². The number of hydrogen-bond acceptors (Lipinski definition) is 3. The summed E-state index contributed by atoms with van der Waals surface area (Å²) in [5.74, 6) is 0. The Morgan fingerprint density at radius 3 is 2.95 bits per heavy atom. The lowest BCUT2D eigenvalue weighted by atomic mass is 10.1. The molecule has 1 atom stereocenters. The average molecular weight is 318 g/mol. The molecule has 100 valence electrons. The van der Waals surface area contributed by atoms with Crippen LogP contribution in [0.25, 0.3) is 32.5 Å². The average Bonchev–Trinajstić information content (AvgIpc) is 2.85. The molecule has 0 unspecified atom stereocenters. The Bertz CT molecular complexity index is 989. The number of nitrogens with zero attached hydrogens (tertiary/aromatic N) is 1. The van der Waals surface area contributed by atoms with Crippen LogP contribution in [-0.2, 0) is 0 Å². The lowest BCUT2D eigenvalue weighted by Crippen LogP contribution is -2.22. The summed E-state index contributed by atoms with van der Waals surface area (Å²) in [6, 6.07) is 4.29. The molecule has 0 aliphatic heterocycles. The number of thiophene rings is 1. The molecule has 0 saturated heterocycles. The number of aryl methyl sites for hydroxylation is 1. The van der Waals surface area contributed by atoms with Crippen LogP contribution in [-0.4, -0.2) is 9.86 Å². The van der Waals surface area contributed by atoms with E-state index in [-0.39, 0.29) is 0 Å². The van der Waals surface area contributed by atoms with Gasteiger partial charge < -0.3 is 0 Å². The van der Waals surface area contributed by atoms with E-state index >= 15 is 0 Å². The van der Waals surface area contributed by atoms with Gasteiger partial charge in [0.25, 0.3) is 0 Å². The predicted octanol–water partition coefficient (Wildman–Crippen LogP) is 3.95. The molecule has 4 heteroatoms. The fourth-order valence-electron chi connectivity index (χ4n) is 2.64. The van der Waals surface area contributed by atoms with E-state index in [0.717, 1.165) is 10.5 Å². The molecule has 1 aromatic carbocycles. The quantitative estimate of drug-likeness (QED) is 0.572. The first-order valence-electron chi connectivity index (χ1n) is 6.43. The first kappa shape index (κ1) is 12.6. The van der Waals surface area contributed by atoms with E-state index in [1.54, 1.807) is 11.3 Å². The third kappa shape index (κ3) is 1.85. The molecule has 1 aliphatic carbocycles. The summed E-state index contributed by atoms with van der Waals surface area (Å²) in [6.07, 6.45) is 8.41. The number of hydrogen-bond donors (Lipinski definition) is 0. The van der Waals surface area contributed by atoms with Crippen molar-refractivity contribution in [3.8, 4) is 0 Å². The molecule has 1 nitrogen and oxygen atoms in total. The van der Waals surface area contributed by atoms with Crippen LogP contribution >= 0.6 is 34.3 Å². The number of alkyl halides is 1. The molecule has 3 aromatic rings. The summed E-state index contributed by atoms with van der Waals surface area (Å²) in [7, 11) is 0. The van der Waals surface area contributed by atoms with Crippen molar-refractivity contribution in [3.05, 3.63) is 39.0 Å². The van der Waals surface area contributed by atoms with Crippen LogP contribution in [0.1, 0.15) is 11.9 Å². The second kappa shape index (κ2) is 4.17. The molecule has 2 heterocycles. The number of thiazole rings is 1. The second-order valence-corrected chi connectivity index (χ2v) is 8.32. The maximum absolute atomic E-state index is 6.55. The highest BCUT2D eigenvalue weighted by atomic mass is 35.5. The Balaban J connectivity index is 2.29. The van der Waals surface area contributed by atoms with Gasteiger partial charge >= 0.3 is 0 Å². The largest absolute Gasteiger partial charge is 0.241 e. The van der Waals surface area contributed by atoms with E-state index in [1.807, 2.05) is 24.3 Å². The number of halogens is 1. The molecule has 0 radical (unpaired) electrons. The topological polar surface area (TPSA) is 12.9 Å². The van der Waals surface area contributed by atoms with Gasteiger partial charge in [-0.1, -0.05) is 18.2 Å². The standard InChI is InChI=1S/C16H12ClNS2/c1-9-18-11-5-6-13-14(15(11)19-9)10-8-16(2,17)7-3-4-12(10)20-13/h3-8H,1-2H3/t16-/m1/s1. The van der Waals surface area contributed by atoms with E-state index in [1.165, 1.54) is 24.5 Å². The van der Waals surface area contributed by atoms with Crippen molar-refractivity contribution in [3.63, 3.8) is 0 Å². The van der Waals surface area contributed by atoms with Gasteiger partial charge in [0, 0.05) is 14.6 Å². The Hall–Kier alpha value is -1.16. The van der Waals surface area contributed by atoms with E-state index in [4.69, 9.17) is 11.6 Å². The van der Waals surface area contributed by atoms with E-state index in [2.05, 4.69) is 42.3 Å². The smallest absolute Gasteiger partial charge is 0.0908 e. The minimum atomic E-state index is -0.433. The first-order chi connectivity index (χ1) is 9.53. The minimum Gasteiger partial charge on any atom is -0.241 e. The van der Waals surface area contributed by atoms with Gasteiger partial charge in [0.05, 0.1) is 20.1 Å². The highest BCUT2D eigenvalue weighted by molar-refractivity contribution is 7.21. The number of allylic oxidation sites excluding steroid dienone is 2. The Morgan fingerprint density at radius 1 is 1.25 bits per heavy atom. The van der Waals surface area contributed by atoms with Gasteiger partial charge in [0.2, 0.25) is 0 Å². The van der Waals surface area contributed by atoms with Crippen LogP contribution in [0.2, 0.25) is 0 Å². The molecule has 4 rings (SSSR count). The maximum Gasteiger partial charge on any atom is 0.0908 e. The zero-order valence-electron chi connectivity index (χ0n) is 11.1. The van der Waals surface area contributed by atoms with Crippen molar-refractivity contribution in [2.75, 3.05) is 0 Å². The van der Waals surface area contributed by atoms with Crippen molar-refractivity contribution >= 4 is 66.7 Å². The molecule has 0 N–H and O–H groups in total. The molecule has 1 aliphatic rings. The molecule has 0 amide bonds. The van der Waals surface area contributed by atoms with Crippen molar-refractivity contribution in [2.24, 2.45) is 0 Å². The lowest BCUT2D eigenvalue weighted by Gasteiger charge is -2.09. The fraction of sp³-hybridized carbons (Fsp3) is 0.188. The van der Waals surface area contributed by atoms with Crippen molar-refractivity contribution < 1.29 is 0 Å². The van der Waals surface area contributed by atoms with Gasteiger partial charge in [-0.05, 0) is 37.3 Å².